The molecule has 25 heavy (non-hydrogen) atoms. The Morgan fingerprint density at radius 1 is 1.24 bits per heavy atom. The summed E-state index contributed by atoms with van der Waals surface area (Å²) in [6, 6.07) is 15.0. The van der Waals surface area contributed by atoms with Crippen molar-refractivity contribution in [3.8, 4) is 6.07 Å². The highest BCUT2D eigenvalue weighted by Crippen LogP contribution is 2.26. The van der Waals surface area contributed by atoms with E-state index in [1.165, 1.54) is 30.5 Å². The molecule has 1 amide bonds. The Morgan fingerprint density at radius 2 is 1.92 bits per heavy atom. The second-order valence-corrected chi connectivity index (χ2v) is 5.67. The van der Waals surface area contributed by atoms with Crippen LogP contribution in [0.4, 0.5) is 15.8 Å². The van der Waals surface area contributed by atoms with Crippen molar-refractivity contribution in [2.24, 2.45) is 0 Å². The van der Waals surface area contributed by atoms with Gasteiger partial charge in [-0.1, -0.05) is 32.0 Å². The molecule has 0 saturated heterocycles. The molecule has 1 unspecified atom stereocenters. The highest BCUT2D eigenvalue weighted by molar-refractivity contribution is 6.06. The van der Waals surface area contributed by atoms with Gasteiger partial charge in [0, 0.05) is 17.6 Å². The zero-order chi connectivity index (χ0) is 18.2. The van der Waals surface area contributed by atoms with Crippen molar-refractivity contribution in [3.63, 3.8) is 0 Å². The lowest BCUT2D eigenvalue weighted by Gasteiger charge is -2.14. The summed E-state index contributed by atoms with van der Waals surface area (Å²) in [5, 5.41) is 14.9. The molecule has 0 fully saturated rings. The Bertz CT molecular complexity index is 806. The maximum absolute atomic E-state index is 12.9. The number of hydrogen-bond donors (Lipinski definition) is 2. The number of nitrogens with one attached hydrogen (secondary N) is 2. The summed E-state index contributed by atoms with van der Waals surface area (Å²) in [7, 11) is 0. The zero-order valence-electron chi connectivity index (χ0n) is 14.2. The summed E-state index contributed by atoms with van der Waals surface area (Å²) in [6.07, 6.45) is 2.37. The molecule has 0 bridgehead atoms. The maximum Gasteiger partial charge on any atom is 0.267 e. The number of nitriles is 1. The third-order valence-corrected chi connectivity index (χ3v) is 3.94. The van der Waals surface area contributed by atoms with Crippen molar-refractivity contribution in [1.29, 1.82) is 5.26 Å². The first-order valence-corrected chi connectivity index (χ1v) is 8.07. The van der Waals surface area contributed by atoms with Crippen molar-refractivity contribution in [3.05, 3.63) is 71.7 Å². The van der Waals surface area contributed by atoms with Crippen LogP contribution < -0.4 is 10.6 Å². The lowest BCUT2D eigenvalue weighted by molar-refractivity contribution is -0.112. The first-order valence-electron chi connectivity index (χ1n) is 8.07. The second-order valence-electron chi connectivity index (χ2n) is 5.67. The fraction of sp³-hybridized carbons (Fsp3) is 0.200. The monoisotopic (exact) mass is 337 g/mol. The number of carbonyl (C=O) groups excluding carboxylic acids is 1. The molecule has 0 radical (unpaired) electrons. The molecular weight excluding hydrogens is 317 g/mol. The number of rotatable bonds is 6. The van der Waals surface area contributed by atoms with E-state index in [0.717, 1.165) is 17.7 Å². The van der Waals surface area contributed by atoms with E-state index in [1.54, 1.807) is 0 Å². The van der Waals surface area contributed by atoms with Crippen molar-refractivity contribution in [2.75, 3.05) is 10.6 Å². The van der Waals surface area contributed by atoms with Gasteiger partial charge in [0.2, 0.25) is 0 Å². The van der Waals surface area contributed by atoms with Gasteiger partial charge < -0.3 is 10.6 Å². The number of nitrogens with zero attached hydrogens (tertiary/aromatic N) is 1. The highest BCUT2D eigenvalue weighted by Gasteiger charge is 2.11. The normalized spacial score (nSPS) is 12.2. The molecule has 1 atom stereocenters. The Balaban J connectivity index is 2.14. The zero-order valence-corrected chi connectivity index (χ0v) is 14.2. The minimum Gasteiger partial charge on any atom is -0.360 e. The van der Waals surface area contributed by atoms with Crippen LogP contribution in [0.1, 0.15) is 31.7 Å². The third-order valence-electron chi connectivity index (χ3n) is 3.94. The minimum absolute atomic E-state index is 0.0664. The quantitative estimate of drug-likeness (QED) is 0.588. The van der Waals surface area contributed by atoms with Crippen LogP contribution in [-0.4, -0.2) is 5.91 Å². The lowest BCUT2D eigenvalue weighted by Crippen LogP contribution is -2.14. The summed E-state index contributed by atoms with van der Waals surface area (Å²) in [5.41, 5.74) is 2.34. The van der Waals surface area contributed by atoms with E-state index in [-0.39, 0.29) is 5.57 Å². The maximum atomic E-state index is 12.9. The summed E-state index contributed by atoms with van der Waals surface area (Å²) < 4.78 is 12.9. The van der Waals surface area contributed by atoms with Crippen LogP contribution in [0.3, 0.4) is 0 Å². The summed E-state index contributed by atoms with van der Waals surface area (Å²) >= 11 is 0. The van der Waals surface area contributed by atoms with Gasteiger partial charge in [-0.15, -0.1) is 0 Å². The summed E-state index contributed by atoms with van der Waals surface area (Å²) in [5.74, 6) is -0.587. The Hall–Kier alpha value is -3.13. The molecular formula is C20H20FN3O. The van der Waals surface area contributed by atoms with Gasteiger partial charge in [0.05, 0.1) is 0 Å². The second kappa shape index (κ2) is 8.65. The van der Waals surface area contributed by atoms with Gasteiger partial charge in [-0.3, -0.25) is 4.79 Å². The van der Waals surface area contributed by atoms with Gasteiger partial charge in [-0.05, 0) is 48.2 Å². The minimum atomic E-state index is -0.553. The molecule has 2 rings (SSSR count). The number of para-hydroxylation sites is 1. The predicted octanol–water partition coefficient (Wildman–Crippen LogP) is 4.80. The molecule has 0 saturated carbocycles. The van der Waals surface area contributed by atoms with Crippen LogP contribution >= 0.6 is 0 Å². The van der Waals surface area contributed by atoms with E-state index in [1.807, 2.05) is 30.3 Å². The number of carbonyl (C=O) groups is 1. The summed E-state index contributed by atoms with van der Waals surface area (Å²) in [4.78, 5) is 12.2. The largest absolute Gasteiger partial charge is 0.360 e. The van der Waals surface area contributed by atoms with Gasteiger partial charge in [0.25, 0.3) is 5.91 Å². The van der Waals surface area contributed by atoms with E-state index < -0.39 is 11.7 Å². The number of anilines is 2. The molecule has 2 aromatic rings. The highest BCUT2D eigenvalue weighted by atomic mass is 19.1. The number of halogens is 1. The molecule has 0 aromatic heterocycles. The van der Waals surface area contributed by atoms with Gasteiger partial charge in [-0.2, -0.15) is 5.26 Å². The standard InChI is InChI=1S/C20H20FN3O/c1-3-14(2)18-6-4-5-7-19(18)23-13-15(12-22)20(25)24-17-10-8-16(21)9-11-17/h4-11,13-14,23H,3H2,1-2H3,(H,24,25)/b15-13-. The third kappa shape index (κ3) is 4.92. The van der Waals surface area contributed by atoms with Gasteiger partial charge in [0.1, 0.15) is 17.5 Å². The van der Waals surface area contributed by atoms with Crippen molar-refractivity contribution < 1.29 is 9.18 Å². The molecule has 4 nitrogen and oxygen atoms in total. The van der Waals surface area contributed by atoms with E-state index in [0.29, 0.717) is 11.6 Å². The van der Waals surface area contributed by atoms with Gasteiger partial charge in [0.15, 0.2) is 0 Å². The van der Waals surface area contributed by atoms with Crippen LogP contribution in [0.15, 0.2) is 60.3 Å². The van der Waals surface area contributed by atoms with E-state index >= 15 is 0 Å². The smallest absolute Gasteiger partial charge is 0.267 e. The first-order chi connectivity index (χ1) is 12.0. The van der Waals surface area contributed by atoms with Crippen LogP contribution in [0.2, 0.25) is 0 Å². The Kier molecular flexibility index (Phi) is 6.30. The van der Waals surface area contributed by atoms with Crippen LogP contribution in [0.25, 0.3) is 0 Å². The fourth-order valence-electron chi connectivity index (χ4n) is 2.31. The van der Waals surface area contributed by atoms with Crippen molar-refractivity contribution in [2.45, 2.75) is 26.2 Å². The topological polar surface area (TPSA) is 64.9 Å². The molecule has 128 valence electrons. The van der Waals surface area contributed by atoms with E-state index in [4.69, 9.17) is 0 Å². The average Bonchev–Trinajstić information content (AvgIpc) is 2.64. The number of amides is 1. The first kappa shape index (κ1) is 18.2. The molecule has 0 aliphatic heterocycles. The van der Waals surface area contributed by atoms with E-state index in [2.05, 4.69) is 24.5 Å². The van der Waals surface area contributed by atoms with Gasteiger partial charge in [-0.25, -0.2) is 4.39 Å². The molecule has 0 aliphatic carbocycles. The fourth-order valence-corrected chi connectivity index (χ4v) is 2.31. The molecule has 2 N–H and O–H groups in total. The predicted molar refractivity (Wildman–Crippen MR) is 97.5 cm³/mol. The van der Waals surface area contributed by atoms with Crippen LogP contribution in [-0.2, 0) is 4.79 Å². The van der Waals surface area contributed by atoms with Gasteiger partial charge >= 0.3 is 0 Å². The number of hydrogen-bond acceptors (Lipinski definition) is 3. The summed E-state index contributed by atoms with van der Waals surface area (Å²) in [6.45, 7) is 4.23. The SMILES string of the molecule is CCC(C)c1ccccc1N/C=C(/C#N)C(=O)Nc1ccc(F)cc1. The Morgan fingerprint density at radius 3 is 2.56 bits per heavy atom. The molecule has 0 heterocycles. The molecule has 5 heteroatoms. The van der Waals surface area contributed by atoms with Crippen LogP contribution in [0.5, 0.6) is 0 Å². The molecule has 2 aromatic carbocycles. The lowest BCUT2D eigenvalue weighted by atomic mass is 9.97. The van der Waals surface area contributed by atoms with E-state index in [9.17, 15) is 14.4 Å². The average molecular weight is 337 g/mol. The molecule has 0 spiro atoms. The Labute approximate surface area is 147 Å². The molecule has 0 aliphatic rings. The number of benzene rings is 2. The van der Waals surface area contributed by atoms with Crippen molar-refractivity contribution in [1.82, 2.24) is 0 Å². The van der Waals surface area contributed by atoms with Crippen molar-refractivity contribution >= 4 is 17.3 Å². The van der Waals surface area contributed by atoms with Crippen LogP contribution in [0, 0.1) is 17.1 Å².